The van der Waals surface area contributed by atoms with Crippen LogP contribution in [0.5, 0.6) is 0 Å². The number of rotatable bonds is 7. The van der Waals surface area contributed by atoms with Crippen LogP contribution in [-0.2, 0) is 14.3 Å². The third kappa shape index (κ3) is 4.94. The zero-order chi connectivity index (χ0) is 13.6. The third-order valence-corrected chi connectivity index (χ3v) is 3.61. The summed E-state index contributed by atoms with van der Waals surface area (Å²) < 4.78 is 10.6. The van der Waals surface area contributed by atoms with Crippen molar-refractivity contribution in [1.29, 1.82) is 0 Å². The smallest absolute Gasteiger partial charge is 0.323 e. The molecule has 0 amide bonds. The molecule has 1 atom stereocenters. The van der Waals surface area contributed by atoms with E-state index in [2.05, 4.69) is 5.32 Å². The van der Waals surface area contributed by atoms with Gasteiger partial charge in [-0.2, -0.15) is 0 Å². The Hall–Kier alpha value is -0.610. The lowest BCUT2D eigenvalue weighted by Gasteiger charge is -2.29. The summed E-state index contributed by atoms with van der Waals surface area (Å²) in [6.45, 7) is 6.26. The van der Waals surface area contributed by atoms with Crippen LogP contribution in [0.1, 0.15) is 52.9 Å². The van der Waals surface area contributed by atoms with E-state index in [4.69, 9.17) is 9.47 Å². The van der Waals surface area contributed by atoms with Gasteiger partial charge in [0.15, 0.2) is 0 Å². The van der Waals surface area contributed by atoms with E-state index >= 15 is 0 Å². The second kappa shape index (κ2) is 7.10. The van der Waals surface area contributed by atoms with Crippen molar-refractivity contribution >= 4 is 5.97 Å². The molecule has 1 N–H and O–H groups in total. The molecule has 0 radical (unpaired) electrons. The Bertz CT molecular complexity index is 260. The molecule has 0 aromatic rings. The number of carbonyl (C=O) groups is 1. The first-order valence-electron chi connectivity index (χ1n) is 6.96. The minimum Gasteiger partial charge on any atom is -0.465 e. The minimum atomic E-state index is -0.316. The highest BCUT2D eigenvalue weighted by molar-refractivity contribution is 5.76. The van der Waals surface area contributed by atoms with Crippen LogP contribution >= 0.6 is 0 Å². The molecule has 0 heterocycles. The first-order chi connectivity index (χ1) is 8.48. The monoisotopic (exact) mass is 257 g/mol. The molecule has 4 nitrogen and oxygen atoms in total. The molecule has 0 saturated heterocycles. The van der Waals surface area contributed by atoms with Gasteiger partial charge in [-0.25, -0.2) is 0 Å². The van der Waals surface area contributed by atoms with Gasteiger partial charge < -0.3 is 14.8 Å². The fourth-order valence-corrected chi connectivity index (χ4v) is 2.41. The van der Waals surface area contributed by atoms with E-state index in [1.54, 1.807) is 7.11 Å². The number of methoxy groups -OCH3 is 1. The highest BCUT2D eigenvalue weighted by atomic mass is 16.5. The van der Waals surface area contributed by atoms with E-state index in [0.29, 0.717) is 19.1 Å². The van der Waals surface area contributed by atoms with Crippen molar-refractivity contribution in [2.75, 3.05) is 13.7 Å². The number of esters is 1. The van der Waals surface area contributed by atoms with Crippen LogP contribution in [0, 0.1) is 0 Å². The molecule has 106 valence electrons. The van der Waals surface area contributed by atoms with Crippen LogP contribution in [0.25, 0.3) is 0 Å². The summed E-state index contributed by atoms with van der Waals surface area (Å²) in [4.78, 5) is 12.0. The summed E-state index contributed by atoms with van der Waals surface area (Å²) in [6, 6.07) is 0.190. The SMILES string of the molecule is CCOC(=O)C(CC(C)(C)OC)NC1CCCC1. The number of ether oxygens (including phenoxy) is 2. The zero-order valence-electron chi connectivity index (χ0n) is 12.1. The Balaban J connectivity index is 2.58. The first kappa shape index (κ1) is 15.4. The summed E-state index contributed by atoms with van der Waals surface area (Å²) in [6.07, 6.45) is 5.45. The zero-order valence-corrected chi connectivity index (χ0v) is 12.1. The van der Waals surface area contributed by atoms with Crippen LogP contribution in [0.4, 0.5) is 0 Å². The maximum absolute atomic E-state index is 12.0. The van der Waals surface area contributed by atoms with Gasteiger partial charge in [0, 0.05) is 19.6 Å². The second-order valence-electron chi connectivity index (χ2n) is 5.62. The Morgan fingerprint density at radius 2 is 2.00 bits per heavy atom. The Kier molecular flexibility index (Phi) is 6.09. The van der Waals surface area contributed by atoms with Crippen molar-refractivity contribution in [3.8, 4) is 0 Å². The molecule has 1 rings (SSSR count). The molecule has 4 heteroatoms. The Labute approximate surface area is 110 Å². The van der Waals surface area contributed by atoms with Gasteiger partial charge >= 0.3 is 5.97 Å². The molecular formula is C14H27NO3. The number of hydrogen-bond acceptors (Lipinski definition) is 4. The average Bonchev–Trinajstić information content (AvgIpc) is 2.81. The van der Waals surface area contributed by atoms with Crippen LogP contribution in [-0.4, -0.2) is 37.4 Å². The van der Waals surface area contributed by atoms with Crippen LogP contribution in [0.2, 0.25) is 0 Å². The van der Waals surface area contributed by atoms with Crippen molar-refractivity contribution in [3.05, 3.63) is 0 Å². The Morgan fingerprint density at radius 1 is 1.39 bits per heavy atom. The summed E-state index contributed by atoms with van der Waals surface area (Å²) in [5.74, 6) is -0.158. The fourth-order valence-electron chi connectivity index (χ4n) is 2.41. The van der Waals surface area contributed by atoms with E-state index in [1.807, 2.05) is 20.8 Å². The topological polar surface area (TPSA) is 47.6 Å². The van der Waals surface area contributed by atoms with Gasteiger partial charge in [-0.15, -0.1) is 0 Å². The molecule has 1 unspecified atom stereocenters. The molecule has 1 aliphatic carbocycles. The van der Waals surface area contributed by atoms with Crippen molar-refractivity contribution in [2.45, 2.75) is 70.6 Å². The van der Waals surface area contributed by atoms with Crippen molar-refractivity contribution in [1.82, 2.24) is 5.32 Å². The average molecular weight is 257 g/mol. The molecule has 1 fully saturated rings. The lowest BCUT2D eigenvalue weighted by molar-refractivity contribution is -0.148. The molecule has 0 aliphatic heterocycles. The maximum Gasteiger partial charge on any atom is 0.323 e. The molecule has 0 aromatic carbocycles. The van der Waals surface area contributed by atoms with Gasteiger partial charge in [0.25, 0.3) is 0 Å². The second-order valence-corrected chi connectivity index (χ2v) is 5.62. The largest absolute Gasteiger partial charge is 0.465 e. The van der Waals surface area contributed by atoms with Gasteiger partial charge in [0.2, 0.25) is 0 Å². The predicted molar refractivity (Wildman–Crippen MR) is 71.5 cm³/mol. The highest BCUT2D eigenvalue weighted by Crippen LogP contribution is 2.22. The van der Waals surface area contributed by atoms with E-state index in [1.165, 1.54) is 12.8 Å². The lowest BCUT2D eigenvalue weighted by atomic mass is 9.98. The molecule has 0 bridgehead atoms. The summed E-state index contributed by atoms with van der Waals surface area (Å²) in [5.41, 5.74) is -0.316. The van der Waals surface area contributed by atoms with E-state index < -0.39 is 0 Å². The summed E-state index contributed by atoms with van der Waals surface area (Å²) in [7, 11) is 1.68. The molecular weight excluding hydrogens is 230 g/mol. The van der Waals surface area contributed by atoms with Gasteiger partial charge in [-0.1, -0.05) is 12.8 Å². The van der Waals surface area contributed by atoms with Gasteiger partial charge in [0.1, 0.15) is 6.04 Å². The quantitative estimate of drug-likeness (QED) is 0.711. The lowest BCUT2D eigenvalue weighted by Crippen LogP contribution is -2.47. The van der Waals surface area contributed by atoms with Crippen molar-refractivity contribution in [3.63, 3.8) is 0 Å². The number of carbonyl (C=O) groups excluding carboxylic acids is 1. The first-order valence-corrected chi connectivity index (χ1v) is 6.96. The van der Waals surface area contributed by atoms with Crippen LogP contribution in [0.15, 0.2) is 0 Å². The Morgan fingerprint density at radius 3 is 2.50 bits per heavy atom. The minimum absolute atomic E-state index is 0.158. The van der Waals surface area contributed by atoms with Gasteiger partial charge in [0.05, 0.1) is 12.2 Å². The molecule has 0 aromatic heterocycles. The molecule has 1 aliphatic rings. The molecule has 0 spiro atoms. The maximum atomic E-state index is 12.0. The van der Waals surface area contributed by atoms with E-state index in [-0.39, 0.29) is 17.6 Å². The van der Waals surface area contributed by atoms with Crippen molar-refractivity contribution < 1.29 is 14.3 Å². The normalized spacial score (nSPS) is 18.9. The van der Waals surface area contributed by atoms with Crippen LogP contribution in [0.3, 0.4) is 0 Å². The number of nitrogens with one attached hydrogen (secondary N) is 1. The predicted octanol–water partition coefficient (Wildman–Crippen LogP) is 2.27. The summed E-state index contributed by atoms with van der Waals surface area (Å²) >= 11 is 0. The third-order valence-electron chi connectivity index (χ3n) is 3.61. The fraction of sp³-hybridized carbons (Fsp3) is 0.929. The van der Waals surface area contributed by atoms with Gasteiger partial charge in [-0.3, -0.25) is 4.79 Å². The van der Waals surface area contributed by atoms with Crippen LogP contribution < -0.4 is 5.32 Å². The molecule has 18 heavy (non-hydrogen) atoms. The molecule has 1 saturated carbocycles. The van der Waals surface area contributed by atoms with Crippen molar-refractivity contribution in [2.24, 2.45) is 0 Å². The summed E-state index contributed by atoms with van der Waals surface area (Å²) in [5, 5.41) is 3.44. The number of hydrogen-bond donors (Lipinski definition) is 1. The van der Waals surface area contributed by atoms with Gasteiger partial charge in [-0.05, 0) is 33.6 Å². The van der Waals surface area contributed by atoms with E-state index in [9.17, 15) is 4.79 Å². The van der Waals surface area contributed by atoms with E-state index in [0.717, 1.165) is 12.8 Å². The highest BCUT2D eigenvalue weighted by Gasteiger charge is 2.31. The standard InChI is InChI=1S/C14H27NO3/c1-5-18-13(16)12(10-14(2,3)17-4)15-11-8-6-7-9-11/h11-12,15H,5-10H2,1-4H3.